The fourth-order valence-electron chi connectivity index (χ4n) is 1.49. The molecule has 5 nitrogen and oxygen atoms in total. The number of hydrogen-bond acceptors (Lipinski definition) is 3. The summed E-state index contributed by atoms with van der Waals surface area (Å²) in [4.78, 5) is 24.4. The van der Waals surface area contributed by atoms with Crippen molar-refractivity contribution in [2.45, 2.75) is 26.4 Å². The van der Waals surface area contributed by atoms with E-state index in [-0.39, 0.29) is 11.8 Å². The fourth-order valence-corrected chi connectivity index (χ4v) is 1.49. The van der Waals surface area contributed by atoms with Crippen molar-refractivity contribution in [3.63, 3.8) is 0 Å². The van der Waals surface area contributed by atoms with Gasteiger partial charge in [-0.2, -0.15) is 0 Å². The second kappa shape index (κ2) is 6.89. The van der Waals surface area contributed by atoms with Crippen LogP contribution in [0.2, 0.25) is 0 Å². The number of carbonyl (C=O) groups is 2. The lowest BCUT2D eigenvalue weighted by atomic mass is 10.1. The number of ketones is 1. The molecule has 0 spiro atoms. The van der Waals surface area contributed by atoms with E-state index < -0.39 is 6.10 Å². The molecule has 0 radical (unpaired) electrons. The fraction of sp³-hybridized carbons (Fsp3) is 0.429. The molecule has 0 fully saturated rings. The van der Waals surface area contributed by atoms with Crippen LogP contribution in [-0.4, -0.2) is 41.5 Å². The van der Waals surface area contributed by atoms with Crippen molar-refractivity contribution in [1.82, 2.24) is 4.90 Å². The molecule has 2 amide bonds. The Labute approximate surface area is 113 Å². The summed E-state index contributed by atoms with van der Waals surface area (Å²) in [6, 6.07) is 6.49. The molecule has 1 atom stereocenters. The van der Waals surface area contributed by atoms with Crippen LogP contribution in [-0.2, 0) is 0 Å². The van der Waals surface area contributed by atoms with E-state index in [2.05, 4.69) is 5.32 Å². The van der Waals surface area contributed by atoms with E-state index >= 15 is 0 Å². The Hall–Kier alpha value is -1.88. The van der Waals surface area contributed by atoms with Crippen LogP contribution < -0.4 is 5.32 Å². The molecule has 19 heavy (non-hydrogen) atoms. The van der Waals surface area contributed by atoms with Crippen molar-refractivity contribution in [3.05, 3.63) is 29.8 Å². The number of rotatable bonds is 5. The van der Waals surface area contributed by atoms with Crippen molar-refractivity contribution in [2.75, 3.05) is 18.9 Å². The van der Waals surface area contributed by atoms with Gasteiger partial charge in [0.25, 0.3) is 0 Å². The minimum absolute atomic E-state index is 0.00747. The minimum atomic E-state index is -0.426. The predicted molar refractivity (Wildman–Crippen MR) is 74.4 cm³/mol. The van der Waals surface area contributed by atoms with Crippen LogP contribution in [0, 0.1) is 0 Å². The number of aliphatic hydroxyl groups excluding tert-OH is 1. The molecule has 0 saturated heterocycles. The van der Waals surface area contributed by atoms with E-state index in [0.717, 1.165) is 0 Å². The summed E-state index contributed by atoms with van der Waals surface area (Å²) in [6.07, 6.45) is 0.109. The summed E-state index contributed by atoms with van der Waals surface area (Å²) in [7, 11) is 1.67. The van der Waals surface area contributed by atoms with Gasteiger partial charge in [-0.1, -0.05) is 0 Å². The van der Waals surface area contributed by atoms with Gasteiger partial charge >= 0.3 is 6.03 Å². The van der Waals surface area contributed by atoms with Gasteiger partial charge in [-0.3, -0.25) is 4.79 Å². The molecule has 1 aromatic carbocycles. The topological polar surface area (TPSA) is 69.6 Å². The van der Waals surface area contributed by atoms with E-state index in [4.69, 9.17) is 5.11 Å². The van der Waals surface area contributed by atoms with Gasteiger partial charge in [0.05, 0.1) is 6.10 Å². The number of nitrogens with one attached hydrogen (secondary N) is 1. The second-order valence-electron chi connectivity index (χ2n) is 4.62. The Bertz CT molecular complexity index is 441. The minimum Gasteiger partial charge on any atom is -0.393 e. The maximum Gasteiger partial charge on any atom is 0.321 e. The number of amides is 2. The first kappa shape index (κ1) is 15.2. The monoisotopic (exact) mass is 264 g/mol. The highest BCUT2D eigenvalue weighted by Gasteiger charge is 2.09. The normalized spacial score (nSPS) is 11.8. The van der Waals surface area contributed by atoms with Crippen LogP contribution in [0.3, 0.4) is 0 Å². The molecule has 0 aliphatic carbocycles. The summed E-state index contributed by atoms with van der Waals surface area (Å²) in [5.41, 5.74) is 1.25. The number of carbonyl (C=O) groups excluding carboxylic acids is 2. The number of urea groups is 1. The van der Waals surface area contributed by atoms with Gasteiger partial charge in [-0.15, -0.1) is 0 Å². The van der Waals surface area contributed by atoms with Crippen LogP contribution in [0.15, 0.2) is 24.3 Å². The van der Waals surface area contributed by atoms with Gasteiger partial charge in [0, 0.05) is 24.8 Å². The number of Topliss-reactive ketones (excluding diaryl/α,β-unsaturated/α-hetero) is 1. The highest BCUT2D eigenvalue weighted by atomic mass is 16.3. The molecular weight excluding hydrogens is 244 g/mol. The Morgan fingerprint density at radius 1 is 1.32 bits per heavy atom. The quantitative estimate of drug-likeness (QED) is 0.800. The molecular formula is C14H20N2O3. The zero-order valence-electron chi connectivity index (χ0n) is 11.5. The first-order valence-electron chi connectivity index (χ1n) is 6.21. The predicted octanol–water partition coefficient (Wildman–Crippen LogP) is 2.12. The largest absolute Gasteiger partial charge is 0.393 e. The molecule has 104 valence electrons. The number of anilines is 1. The summed E-state index contributed by atoms with van der Waals surface area (Å²) >= 11 is 0. The smallest absolute Gasteiger partial charge is 0.321 e. The SMILES string of the molecule is CC(=O)c1ccc(NC(=O)N(C)CCC(C)O)cc1. The highest BCUT2D eigenvalue weighted by molar-refractivity contribution is 5.95. The Morgan fingerprint density at radius 2 is 1.89 bits per heavy atom. The molecule has 2 N–H and O–H groups in total. The van der Waals surface area contributed by atoms with E-state index in [1.807, 2.05) is 0 Å². The Kier molecular flexibility index (Phi) is 5.51. The summed E-state index contributed by atoms with van der Waals surface area (Å²) in [6.45, 7) is 3.67. The third-order valence-electron chi connectivity index (χ3n) is 2.77. The summed E-state index contributed by atoms with van der Waals surface area (Å²) in [5, 5.41) is 11.9. The number of hydrogen-bond donors (Lipinski definition) is 2. The van der Waals surface area contributed by atoms with E-state index in [1.165, 1.54) is 11.8 Å². The third kappa shape index (κ3) is 5.09. The van der Waals surface area contributed by atoms with Crippen molar-refractivity contribution in [1.29, 1.82) is 0 Å². The molecule has 1 rings (SSSR count). The maximum atomic E-state index is 11.8. The first-order valence-corrected chi connectivity index (χ1v) is 6.21. The number of nitrogens with zero attached hydrogens (tertiary/aromatic N) is 1. The van der Waals surface area contributed by atoms with Gasteiger partial charge in [-0.25, -0.2) is 4.79 Å². The maximum absolute atomic E-state index is 11.8. The summed E-state index contributed by atoms with van der Waals surface area (Å²) < 4.78 is 0. The lowest BCUT2D eigenvalue weighted by molar-refractivity contribution is 0.101. The molecule has 0 bridgehead atoms. The van der Waals surface area contributed by atoms with Gasteiger partial charge < -0.3 is 15.3 Å². The molecule has 0 aliphatic rings. The summed E-state index contributed by atoms with van der Waals surface area (Å²) in [5.74, 6) is -0.00747. The molecule has 0 aliphatic heterocycles. The molecule has 5 heteroatoms. The van der Waals surface area contributed by atoms with Crippen molar-refractivity contribution in [3.8, 4) is 0 Å². The zero-order chi connectivity index (χ0) is 14.4. The van der Waals surface area contributed by atoms with Gasteiger partial charge in [0.1, 0.15) is 0 Å². The molecule has 0 aromatic heterocycles. The van der Waals surface area contributed by atoms with E-state index in [0.29, 0.717) is 24.2 Å². The first-order chi connectivity index (χ1) is 8.90. The van der Waals surface area contributed by atoms with E-state index in [1.54, 1.807) is 38.2 Å². The highest BCUT2D eigenvalue weighted by Crippen LogP contribution is 2.10. The Morgan fingerprint density at radius 3 is 2.37 bits per heavy atom. The number of benzene rings is 1. The van der Waals surface area contributed by atoms with Crippen LogP contribution in [0.25, 0.3) is 0 Å². The standard InChI is InChI=1S/C14H20N2O3/c1-10(17)8-9-16(3)14(19)15-13-6-4-12(5-7-13)11(2)18/h4-7,10,17H,8-9H2,1-3H3,(H,15,19). The Balaban J connectivity index is 2.54. The van der Waals surface area contributed by atoms with Crippen LogP contribution in [0.1, 0.15) is 30.6 Å². The molecule has 0 saturated carbocycles. The van der Waals surface area contributed by atoms with E-state index in [9.17, 15) is 9.59 Å². The van der Waals surface area contributed by atoms with Gasteiger partial charge in [0.2, 0.25) is 0 Å². The lowest BCUT2D eigenvalue weighted by Gasteiger charge is -2.18. The number of aliphatic hydroxyl groups is 1. The van der Waals surface area contributed by atoms with Crippen molar-refractivity contribution in [2.24, 2.45) is 0 Å². The molecule has 1 unspecified atom stereocenters. The van der Waals surface area contributed by atoms with Crippen LogP contribution in [0.4, 0.5) is 10.5 Å². The second-order valence-corrected chi connectivity index (χ2v) is 4.62. The molecule has 1 aromatic rings. The third-order valence-corrected chi connectivity index (χ3v) is 2.77. The molecule has 0 heterocycles. The van der Waals surface area contributed by atoms with Crippen LogP contribution in [0.5, 0.6) is 0 Å². The zero-order valence-corrected chi connectivity index (χ0v) is 11.5. The van der Waals surface area contributed by atoms with Crippen molar-refractivity contribution >= 4 is 17.5 Å². The van der Waals surface area contributed by atoms with Crippen molar-refractivity contribution < 1.29 is 14.7 Å². The van der Waals surface area contributed by atoms with Gasteiger partial charge in [-0.05, 0) is 44.5 Å². The average molecular weight is 264 g/mol. The lowest BCUT2D eigenvalue weighted by Crippen LogP contribution is -2.33. The van der Waals surface area contributed by atoms with Crippen LogP contribution >= 0.6 is 0 Å². The van der Waals surface area contributed by atoms with Gasteiger partial charge in [0.15, 0.2) is 5.78 Å². The average Bonchev–Trinajstić information content (AvgIpc) is 2.36.